The van der Waals surface area contributed by atoms with E-state index in [4.69, 9.17) is 5.11 Å². The second kappa shape index (κ2) is 6.33. The molecule has 100 valence electrons. The highest BCUT2D eigenvalue weighted by Crippen LogP contribution is 2.22. The number of carbonyl (C=O) groups is 1. The zero-order valence-corrected chi connectivity index (χ0v) is 11.3. The molecule has 0 fully saturated rings. The van der Waals surface area contributed by atoms with Crippen molar-refractivity contribution >= 4 is 17.7 Å². The van der Waals surface area contributed by atoms with E-state index in [9.17, 15) is 4.79 Å². The molecule has 2 rings (SSSR count). The lowest BCUT2D eigenvalue weighted by molar-refractivity contribution is 0.0690. The van der Waals surface area contributed by atoms with Gasteiger partial charge in [0, 0.05) is 17.6 Å². The molecule has 0 spiro atoms. The number of aromatic carboxylic acids is 1. The van der Waals surface area contributed by atoms with E-state index >= 15 is 0 Å². The minimum atomic E-state index is -1.02. The lowest BCUT2D eigenvalue weighted by Crippen LogP contribution is -2.04. The fourth-order valence-corrected chi connectivity index (χ4v) is 2.44. The van der Waals surface area contributed by atoms with Gasteiger partial charge in [-0.1, -0.05) is 6.92 Å². The van der Waals surface area contributed by atoms with Crippen molar-refractivity contribution in [2.45, 2.75) is 30.5 Å². The minimum Gasteiger partial charge on any atom is -0.477 e. The molecule has 2 heterocycles. The van der Waals surface area contributed by atoms with Crippen molar-refractivity contribution in [1.82, 2.24) is 19.7 Å². The molecule has 0 aliphatic heterocycles. The molecule has 7 heteroatoms. The Hall–Kier alpha value is -1.89. The molecule has 0 aliphatic carbocycles. The van der Waals surface area contributed by atoms with Crippen molar-refractivity contribution in [2.75, 3.05) is 0 Å². The number of rotatable bonds is 6. The van der Waals surface area contributed by atoms with E-state index in [1.165, 1.54) is 18.0 Å². The molecule has 0 aliphatic rings. The number of hydrogen-bond acceptors (Lipinski definition) is 5. The summed E-state index contributed by atoms with van der Waals surface area (Å²) < 4.78 is 1.87. The third kappa shape index (κ3) is 3.54. The van der Waals surface area contributed by atoms with Gasteiger partial charge in [-0.2, -0.15) is 5.10 Å². The van der Waals surface area contributed by atoms with Crippen LogP contribution in [0.15, 0.2) is 29.6 Å². The van der Waals surface area contributed by atoms with E-state index in [1.54, 1.807) is 18.5 Å². The van der Waals surface area contributed by atoms with Gasteiger partial charge in [-0.3, -0.25) is 0 Å². The van der Waals surface area contributed by atoms with Crippen molar-refractivity contribution in [1.29, 1.82) is 0 Å². The van der Waals surface area contributed by atoms with Crippen LogP contribution in [0.5, 0.6) is 0 Å². The second-order valence-electron chi connectivity index (χ2n) is 3.87. The summed E-state index contributed by atoms with van der Waals surface area (Å²) in [5.41, 5.74) is 0.0556. The Bertz CT molecular complexity index is 570. The zero-order valence-electron chi connectivity index (χ0n) is 10.5. The number of pyridine rings is 1. The van der Waals surface area contributed by atoms with Gasteiger partial charge in [0.1, 0.15) is 17.8 Å². The van der Waals surface area contributed by atoms with Crippen LogP contribution in [0.25, 0.3) is 0 Å². The normalized spacial score (nSPS) is 10.6. The summed E-state index contributed by atoms with van der Waals surface area (Å²) in [6.45, 7) is 2.92. The van der Waals surface area contributed by atoms with Gasteiger partial charge in [-0.25, -0.2) is 19.4 Å². The SMILES string of the molecule is CCCn1ncnc1CSc1ccnc(C(=O)O)c1. The summed E-state index contributed by atoms with van der Waals surface area (Å²) in [7, 11) is 0. The predicted molar refractivity (Wildman–Crippen MR) is 71.1 cm³/mol. The lowest BCUT2D eigenvalue weighted by Gasteiger charge is -2.04. The molecule has 0 unspecified atom stereocenters. The molecule has 2 aromatic heterocycles. The van der Waals surface area contributed by atoms with Gasteiger partial charge in [0.2, 0.25) is 0 Å². The number of carboxylic acids is 1. The first-order chi connectivity index (χ1) is 9.20. The fourth-order valence-electron chi connectivity index (χ4n) is 1.56. The molecule has 19 heavy (non-hydrogen) atoms. The maximum Gasteiger partial charge on any atom is 0.354 e. The number of nitrogens with zero attached hydrogens (tertiary/aromatic N) is 4. The molecule has 0 radical (unpaired) electrons. The average molecular weight is 278 g/mol. The Kier molecular flexibility index (Phi) is 4.51. The summed E-state index contributed by atoms with van der Waals surface area (Å²) in [5, 5.41) is 13.0. The molecule has 0 aromatic carbocycles. The van der Waals surface area contributed by atoms with E-state index in [1.807, 2.05) is 4.68 Å². The van der Waals surface area contributed by atoms with Crippen molar-refractivity contribution in [3.05, 3.63) is 36.2 Å². The summed E-state index contributed by atoms with van der Waals surface area (Å²) in [5.74, 6) is 0.528. The maximum atomic E-state index is 10.8. The fraction of sp³-hybridized carbons (Fsp3) is 0.333. The summed E-state index contributed by atoms with van der Waals surface area (Å²) in [6.07, 6.45) is 4.04. The Morgan fingerprint density at radius 1 is 1.47 bits per heavy atom. The number of thioether (sulfide) groups is 1. The average Bonchev–Trinajstić information content (AvgIpc) is 2.85. The van der Waals surface area contributed by atoms with Crippen LogP contribution in [-0.4, -0.2) is 30.8 Å². The Labute approximate surface area is 114 Å². The second-order valence-corrected chi connectivity index (χ2v) is 4.92. The van der Waals surface area contributed by atoms with Crippen molar-refractivity contribution in [3.8, 4) is 0 Å². The van der Waals surface area contributed by atoms with Gasteiger partial charge in [-0.05, 0) is 18.6 Å². The van der Waals surface area contributed by atoms with Crippen LogP contribution in [-0.2, 0) is 12.3 Å². The van der Waals surface area contributed by atoms with Gasteiger partial charge in [0.05, 0.1) is 5.75 Å². The van der Waals surface area contributed by atoms with Crippen molar-refractivity contribution < 1.29 is 9.90 Å². The number of hydrogen-bond donors (Lipinski definition) is 1. The molecule has 0 saturated heterocycles. The monoisotopic (exact) mass is 278 g/mol. The van der Waals surface area contributed by atoms with Gasteiger partial charge in [-0.15, -0.1) is 11.8 Å². The van der Waals surface area contributed by atoms with E-state index in [0.29, 0.717) is 5.75 Å². The van der Waals surface area contributed by atoms with Crippen LogP contribution >= 0.6 is 11.8 Å². The largest absolute Gasteiger partial charge is 0.477 e. The third-order valence-corrected chi connectivity index (χ3v) is 3.44. The molecular formula is C12H14N4O2S. The van der Waals surface area contributed by atoms with Gasteiger partial charge in [0.15, 0.2) is 0 Å². The van der Waals surface area contributed by atoms with Gasteiger partial charge < -0.3 is 5.11 Å². The molecule has 0 bridgehead atoms. The van der Waals surface area contributed by atoms with Crippen LogP contribution in [0, 0.1) is 0 Å². The first-order valence-electron chi connectivity index (χ1n) is 5.89. The summed E-state index contributed by atoms with van der Waals surface area (Å²) in [4.78, 5) is 19.7. The van der Waals surface area contributed by atoms with Gasteiger partial charge >= 0.3 is 5.97 Å². The van der Waals surface area contributed by atoms with Crippen LogP contribution in [0.3, 0.4) is 0 Å². The summed E-state index contributed by atoms with van der Waals surface area (Å²) in [6, 6.07) is 3.35. The molecule has 2 aromatic rings. The van der Waals surface area contributed by atoms with Crippen molar-refractivity contribution in [2.24, 2.45) is 0 Å². The smallest absolute Gasteiger partial charge is 0.354 e. The molecular weight excluding hydrogens is 264 g/mol. The molecule has 0 amide bonds. The topological polar surface area (TPSA) is 80.9 Å². The van der Waals surface area contributed by atoms with Crippen LogP contribution in [0.4, 0.5) is 0 Å². The first-order valence-corrected chi connectivity index (χ1v) is 6.88. The molecule has 1 N–H and O–H groups in total. The number of carboxylic acid groups (broad SMARTS) is 1. The molecule has 6 nitrogen and oxygen atoms in total. The zero-order chi connectivity index (χ0) is 13.7. The highest BCUT2D eigenvalue weighted by atomic mass is 32.2. The predicted octanol–water partition coefficient (Wildman–Crippen LogP) is 2.07. The maximum absolute atomic E-state index is 10.8. The number of aryl methyl sites for hydroxylation is 1. The Balaban J connectivity index is 2.04. The summed E-state index contributed by atoms with van der Waals surface area (Å²) >= 11 is 1.52. The molecule has 0 atom stereocenters. The van der Waals surface area contributed by atoms with E-state index < -0.39 is 5.97 Å². The van der Waals surface area contributed by atoms with Crippen LogP contribution in [0.1, 0.15) is 29.7 Å². The standard InChI is InChI=1S/C12H14N4O2S/c1-2-5-16-11(14-8-15-16)7-19-9-3-4-13-10(6-9)12(17)18/h3-4,6,8H,2,5,7H2,1H3,(H,17,18). The van der Waals surface area contributed by atoms with Gasteiger partial charge in [0.25, 0.3) is 0 Å². The first kappa shape index (κ1) is 13.5. The number of aromatic nitrogens is 4. The van der Waals surface area contributed by atoms with E-state index in [0.717, 1.165) is 23.7 Å². The van der Waals surface area contributed by atoms with Crippen LogP contribution in [0.2, 0.25) is 0 Å². The van der Waals surface area contributed by atoms with Crippen LogP contribution < -0.4 is 0 Å². The molecule has 0 saturated carbocycles. The quantitative estimate of drug-likeness (QED) is 0.815. The highest BCUT2D eigenvalue weighted by Gasteiger charge is 2.08. The highest BCUT2D eigenvalue weighted by molar-refractivity contribution is 7.98. The lowest BCUT2D eigenvalue weighted by atomic mass is 10.3. The minimum absolute atomic E-state index is 0.0556. The Morgan fingerprint density at radius 3 is 3.05 bits per heavy atom. The van der Waals surface area contributed by atoms with E-state index in [2.05, 4.69) is 22.0 Å². The third-order valence-electron chi connectivity index (χ3n) is 2.45. The van der Waals surface area contributed by atoms with Crippen molar-refractivity contribution in [3.63, 3.8) is 0 Å². The Morgan fingerprint density at radius 2 is 2.32 bits per heavy atom. The van der Waals surface area contributed by atoms with E-state index in [-0.39, 0.29) is 5.69 Å².